The van der Waals surface area contributed by atoms with Gasteiger partial charge in [0.25, 0.3) is 0 Å². The summed E-state index contributed by atoms with van der Waals surface area (Å²) in [5.74, 6) is 0.777. The Morgan fingerprint density at radius 2 is 1.88 bits per heavy atom. The third kappa shape index (κ3) is 4.66. The molecule has 1 rings (SSSR count). The second kappa shape index (κ2) is 7.70. The molecule has 1 fully saturated rings. The van der Waals surface area contributed by atoms with Crippen molar-refractivity contribution in [1.29, 1.82) is 0 Å². The fraction of sp³-hybridized carbons (Fsp3) is 0.929. The average Bonchev–Trinajstić information content (AvgIpc) is 2.65. The van der Waals surface area contributed by atoms with Crippen molar-refractivity contribution in [3.05, 3.63) is 0 Å². The van der Waals surface area contributed by atoms with Gasteiger partial charge < -0.3 is 4.90 Å². The second-order valence-corrected chi connectivity index (χ2v) is 5.42. The number of nitrogens with one attached hydrogen (secondary N) is 1. The minimum absolute atomic E-state index is 0.262. The van der Waals surface area contributed by atoms with Crippen molar-refractivity contribution in [2.75, 3.05) is 13.1 Å². The van der Waals surface area contributed by atoms with Crippen LogP contribution in [-0.2, 0) is 4.79 Å². The number of rotatable bonds is 8. The predicted octanol–water partition coefficient (Wildman–Crippen LogP) is 2.76. The molecule has 0 bridgehead atoms. The first-order chi connectivity index (χ1) is 8.16. The standard InChI is InChI=1S/C14H28N2O/c1-4-5-6-7-8-9-10-16-13(17)11-15-14(16)12(2)3/h12,14-15H,4-11H2,1-3H3. The summed E-state index contributed by atoms with van der Waals surface area (Å²) in [6, 6.07) is 0. The van der Waals surface area contributed by atoms with E-state index in [4.69, 9.17) is 0 Å². The average molecular weight is 240 g/mol. The van der Waals surface area contributed by atoms with E-state index in [-0.39, 0.29) is 12.1 Å². The lowest BCUT2D eigenvalue weighted by Gasteiger charge is -2.27. The summed E-state index contributed by atoms with van der Waals surface area (Å²) in [4.78, 5) is 13.8. The molecule has 0 spiro atoms. The van der Waals surface area contributed by atoms with Crippen molar-refractivity contribution in [3.63, 3.8) is 0 Å². The molecule has 1 unspecified atom stereocenters. The monoisotopic (exact) mass is 240 g/mol. The lowest BCUT2D eigenvalue weighted by Crippen LogP contribution is -2.41. The topological polar surface area (TPSA) is 32.3 Å². The van der Waals surface area contributed by atoms with Crippen LogP contribution in [0.2, 0.25) is 0 Å². The number of amides is 1. The van der Waals surface area contributed by atoms with Gasteiger partial charge in [0.15, 0.2) is 0 Å². The van der Waals surface area contributed by atoms with Gasteiger partial charge >= 0.3 is 0 Å². The van der Waals surface area contributed by atoms with Crippen LogP contribution in [0.25, 0.3) is 0 Å². The SMILES string of the molecule is CCCCCCCCN1C(=O)CNC1C(C)C. The van der Waals surface area contributed by atoms with E-state index in [0.29, 0.717) is 12.5 Å². The molecule has 1 heterocycles. The maximum absolute atomic E-state index is 11.7. The Morgan fingerprint density at radius 3 is 2.53 bits per heavy atom. The van der Waals surface area contributed by atoms with Gasteiger partial charge in [-0.1, -0.05) is 52.9 Å². The van der Waals surface area contributed by atoms with Crippen molar-refractivity contribution in [3.8, 4) is 0 Å². The summed E-state index contributed by atoms with van der Waals surface area (Å²) < 4.78 is 0. The number of hydrogen-bond donors (Lipinski definition) is 1. The van der Waals surface area contributed by atoms with E-state index in [2.05, 4.69) is 26.1 Å². The Kier molecular flexibility index (Phi) is 6.56. The van der Waals surface area contributed by atoms with Crippen molar-refractivity contribution < 1.29 is 4.79 Å². The quantitative estimate of drug-likeness (QED) is 0.662. The summed E-state index contributed by atoms with van der Waals surface area (Å²) in [6.07, 6.45) is 7.97. The maximum atomic E-state index is 11.7. The van der Waals surface area contributed by atoms with E-state index in [0.717, 1.165) is 13.0 Å². The Morgan fingerprint density at radius 1 is 1.24 bits per heavy atom. The molecule has 1 saturated heterocycles. The van der Waals surface area contributed by atoms with Crippen molar-refractivity contribution in [2.45, 2.75) is 65.5 Å². The van der Waals surface area contributed by atoms with Gasteiger partial charge in [-0.15, -0.1) is 0 Å². The van der Waals surface area contributed by atoms with E-state index in [1.54, 1.807) is 0 Å². The third-order valence-corrected chi connectivity index (χ3v) is 3.50. The highest BCUT2D eigenvalue weighted by molar-refractivity contribution is 5.80. The second-order valence-electron chi connectivity index (χ2n) is 5.42. The van der Waals surface area contributed by atoms with E-state index >= 15 is 0 Å². The summed E-state index contributed by atoms with van der Waals surface area (Å²) in [6.45, 7) is 8.04. The van der Waals surface area contributed by atoms with Crippen LogP contribution in [0.15, 0.2) is 0 Å². The number of carbonyl (C=O) groups is 1. The molecule has 1 N–H and O–H groups in total. The smallest absolute Gasteiger partial charge is 0.237 e. The number of hydrogen-bond acceptors (Lipinski definition) is 2. The van der Waals surface area contributed by atoms with Gasteiger partial charge in [-0.3, -0.25) is 10.1 Å². The molecule has 0 aromatic carbocycles. The third-order valence-electron chi connectivity index (χ3n) is 3.50. The highest BCUT2D eigenvalue weighted by Crippen LogP contribution is 2.15. The molecule has 0 aromatic heterocycles. The summed E-state index contributed by atoms with van der Waals surface area (Å²) in [5.41, 5.74) is 0. The molecular formula is C14H28N2O. The molecule has 1 aliphatic heterocycles. The molecule has 100 valence electrons. The molecule has 0 aliphatic carbocycles. The van der Waals surface area contributed by atoms with Crippen LogP contribution in [0.3, 0.4) is 0 Å². The maximum Gasteiger partial charge on any atom is 0.237 e. The first-order valence-electron chi connectivity index (χ1n) is 7.19. The van der Waals surface area contributed by atoms with Gasteiger partial charge in [0.05, 0.1) is 12.7 Å². The Hall–Kier alpha value is -0.570. The lowest BCUT2D eigenvalue weighted by atomic mass is 10.1. The largest absolute Gasteiger partial charge is 0.326 e. The molecule has 0 saturated carbocycles. The van der Waals surface area contributed by atoms with Gasteiger partial charge in [-0.25, -0.2) is 0 Å². The molecular weight excluding hydrogens is 212 g/mol. The minimum Gasteiger partial charge on any atom is -0.326 e. The molecule has 0 aromatic rings. The highest BCUT2D eigenvalue weighted by atomic mass is 16.2. The molecule has 0 radical (unpaired) electrons. The first-order valence-corrected chi connectivity index (χ1v) is 7.19. The van der Waals surface area contributed by atoms with Crippen LogP contribution >= 0.6 is 0 Å². The molecule has 1 atom stereocenters. The Balaban J connectivity index is 2.18. The highest BCUT2D eigenvalue weighted by Gasteiger charge is 2.31. The number of carbonyl (C=O) groups excluding carboxylic acids is 1. The zero-order chi connectivity index (χ0) is 12.7. The zero-order valence-corrected chi connectivity index (χ0v) is 11.7. The van der Waals surface area contributed by atoms with Gasteiger partial charge in [-0.05, 0) is 12.3 Å². The first kappa shape index (κ1) is 14.5. The van der Waals surface area contributed by atoms with Gasteiger partial charge in [-0.2, -0.15) is 0 Å². The van der Waals surface area contributed by atoms with Crippen LogP contribution in [0.1, 0.15) is 59.3 Å². The van der Waals surface area contributed by atoms with Gasteiger partial charge in [0.1, 0.15) is 0 Å². The molecule has 3 nitrogen and oxygen atoms in total. The van der Waals surface area contributed by atoms with Crippen LogP contribution < -0.4 is 5.32 Å². The fourth-order valence-electron chi connectivity index (χ4n) is 2.48. The van der Waals surface area contributed by atoms with E-state index in [1.807, 2.05) is 4.90 Å². The Labute approximate surface area is 106 Å². The van der Waals surface area contributed by atoms with E-state index < -0.39 is 0 Å². The summed E-state index contributed by atoms with van der Waals surface area (Å²) >= 11 is 0. The van der Waals surface area contributed by atoms with Crippen LogP contribution in [0.4, 0.5) is 0 Å². The molecule has 3 heteroatoms. The van der Waals surface area contributed by atoms with Crippen molar-refractivity contribution >= 4 is 5.91 Å². The van der Waals surface area contributed by atoms with Crippen LogP contribution in [-0.4, -0.2) is 30.1 Å². The zero-order valence-electron chi connectivity index (χ0n) is 11.7. The van der Waals surface area contributed by atoms with Gasteiger partial charge in [0, 0.05) is 6.54 Å². The summed E-state index contributed by atoms with van der Waals surface area (Å²) in [7, 11) is 0. The number of unbranched alkanes of at least 4 members (excludes halogenated alkanes) is 5. The fourth-order valence-corrected chi connectivity index (χ4v) is 2.48. The molecule has 17 heavy (non-hydrogen) atoms. The molecule has 1 aliphatic rings. The molecule has 1 amide bonds. The number of nitrogens with zero attached hydrogens (tertiary/aromatic N) is 1. The summed E-state index contributed by atoms with van der Waals surface area (Å²) in [5, 5.41) is 3.29. The predicted molar refractivity (Wildman–Crippen MR) is 71.7 cm³/mol. The lowest BCUT2D eigenvalue weighted by molar-refractivity contribution is -0.128. The normalized spacial score (nSPS) is 20.6. The van der Waals surface area contributed by atoms with Crippen molar-refractivity contribution in [1.82, 2.24) is 10.2 Å². The van der Waals surface area contributed by atoms with Gasteiger partial charge in [0.2, 0.25) is 5.91 Å². The van der Waals surface area contributed by atoms with Crippen LogP contribution in [0.5, 0.6) is 0 Å². The van der Waals surface area contributed by atoms with E-state index in [1.165, 1.54) is 32.1 Å². The van der Waals surface area contributed by atoms with E-state index in [9.17, 15) is 4.79 Å². The van der Waals surface area contributed by atoms with Crippen LogP contribution in [0, 0.1) is 5.92 Å². The Bertz CT molecular complexity index is 228. The minimum atomic E-state index is 0.262. The van der Waals surface area contributed by atoms with Crippen molar-refractivity contribution in [2.24, 2.45) is 5.92 Å².